The molecule has 1 amide bonds. The topological polar surface area (TPSA) is 76.1 Å². The minimum absolute atomic E-state index is 0.00830. The standard InChI is InChI=1S/C12H15BrN2O3S/c13-10-6-11(8-14-7-10)19(17,18)15-12(16)9-4-2-1-3-5-9/h6-9H,1-5H2,(H,15,16). The number of sulfonamides is 1. The Bertz CT molecular complexity index is 568. The normalized spacial score (nSPS) is 17.1. The van der Waals surface area contributed by atoms with E-state index in [2.05, 4.69) is 25.6 Å². The largest absolute Gasteiger partial charge is 0.274 e. The quantitative estimate of drug-likeness (QED) is 0.910. The van der Waals surface area contributed by atoms with E-state index in [0.29, 0.717) is 4.47 Å². The zero-order chi connectivity index (χ0) is 13.9. The Morgan fingerprint density at radius 3 is 2.58 bits per heavy atom. The van der Waals surface area contributed by atoms with Crippen molar-refractivity contribution in [3.63, 3.8) is 0 Å². The number of hydrogen-bond donors (Lipinski definition) is 1. The number of nitrogens with one attached hydrogen (secondary N) is 1. The summed E-state index contributed by atoms with van der Waals surface area (Å²) in [5, 5.41) is 0. The molecule has 2 rings (SSSR count). The smallest absolute Gasteiger partial charge is 0.265 e. The van der Waals surface area contributed by atoms with Crippen molar-refractivity contribution in [3.05, 3.63) is 22.9 Å². The SMILES string of the molecule is O=C(NS(=O)(=O)c1cncc(Br)c1)C1CCCCC1. The zero-order valence-corrected chi connectivity index (χ0v) is 12.7. The van der Waals surface area contributed by atoms with Crippen LogP contribution in [-0.4, -0.2) is 19.3 Å². The first-order chi connectivity index (χ1) is 8.99. The summed E-state index contributed by atoms with van der Waals surface area (Å²) < 4.78 is 26.8. The molecule has 7 heteroatoms. The summed E-state index contributed by atoms with van der Waals surface area (Å²) in [6.45, 7) is 0. The van der Waals surface area contributed by atoms with E-state index >= 15 is 0 Å². The second-order valence-electron chi connectivity index (χ2n) is 4.64. The molecule has 0 bridgehead atoms. The van der Waals surface area contributed by atoms with Crippen LogP contribution in [0.4, 0.5) is 0 Å². The Morgan fingerprint density at radius 2 is 1.95 bits per heavy atom. The predicted molar refractivity (Wildman–Crippen MR) is 73.8 cm³/mol. The fraction of sp³-hybridized carbons (Fsp3) is 0.500. The number of amides is 1. The minimum Gasteiger partial charge on any atom is -0.274 e. The van der Waals surface area contributed by atoms with Crippen LogP contribution in [0.15, 0.2) is 27.8 Å². The van der Waals surface area contributed by atoms with E-state index in [-0.39, 0.29) is 10.8 Å². The highest BCUT2D eigenvalue weighted by atomic mass is 79.9. The second kappa shape index (κ2) is 6.00. The van der Waals surface area contributed by atoms with Gasteiger partial charge in [-0.3, -0.25) is 9.78 Å². The van der Waals surface area contributed by atoms with E-state index in [1.165, 1.54) is 18.5 Å². The van der Waals surface area contributed by atoms with Gasteiger partial charge in [0.2, 0.25) is 5.91 Å². The molecule has 1 saturated carbocycles. The molecule has 0 aliphatic heterocycles. The molecule has 104 valence electrons. The van der Waals surface area contributed by atoms with Gasteiger partial charge in [-0.15, -0.1) is 0 Å². The van der Waals surface area contributed by atoms with Crippen LogP contribution in [0.2, 0.25) is 0 Å². The highest BCUT2D eigenvalue weighted by Gasteiger charge is 2.26. The third-order valence-corrected chi connectivity index (χ3v) is 4.95. The molecule has 0 spiro atoms. The van der Waals surface area contributed by atoms with Gasteiger partial charge in [-0.25, -0.2) is 13.1 Å². The van der Waals surface area contributed by atoms with E-state index in [0.717, 1.165) is 32.1 Å². The van der Waals surface area contributed by atoms with E-state index in [1.54, 1.807) is 0 Å². The molecule has 0 atom stereocenters. The average Bonchev–Trinajstić information content (AvgIpc) is 2.39. The fourth-order valence-corrected chi connectivity index (χ4v) is 3.73. The molecule has 1 aromatic heterocycles. The molecule has 1 aromatic rings. The number of halogens is 1. The Kier molecular flexibility index (Phi) is 4.57. The van der Waals surface area contributed by atoms with Gasteiger partial charge < -0.3 is 0 Å². The molecule has 1 heterocycles. The van der Waals surface area contributed by atoms with Gasteiger partial charge in [0, 0.05) is 22.8 Å². The van der Waals surface area contributed by atoms with Crippen LogP contribution in [0.1, 0.15) is 32.1 Å². The monoisotopic (exact) mass is 346 g/mol. The van der Waals surface area contributed by atoms with Crippen molar-refractivity contribution in [1.29, 1.82) is 0 Å². The lowest BCUT2D eigenvalue weighted by atomic mass is 9.89. The van der Waals surface area contributed by atoms with E-state index < -0.39 is 15.9 Å². The molecule has 0 radical (unpaired) electrons. The van der Waals surface area contributed by atoms with Gasteiger partial charge in [-0.05, 0) is 34.8 Å². The van der Waals surface area contributed by atoms with Gasteiger partial charge in [-0.1, -0.05) is 19.3 Å². The Balaban J connectivity index is 2.10. The highest BCUT2D eigenvalue weighted by Crippen LogP contribution is 2.24. The minimum atomic E-state index is -3.82. The van der Waals surface area contributed by atoms with Gasteiger partial charge in [0.25, 0.3) is 10.0 Å². The lowest BCUT2D eigenvalue weighted by Gasteiger charge is -2.20. The van der Waals surface area contributed by atoms with Crippen LogP contribution < -0.4 is 4.72 Å². The molecule has 1 fully saturated rings. The van der Waals surface area contributed by atoms with Gasteiger partial charge in [0.1, 0.15) is 4.90 Å². The number of aromatic nitrogens is 1. The second-order valence-corrected chi connectivity index (χ2v) is 7.24. The number of rotatable bonds is 3. The Morgan fingerprint density at radius 1 is 1.26 bits per heavy atom. The third kappa shape index (κ3) is 3.76. The van der Waals surface area contributed by atoms with E-state index in [4.69, 9.17) is 0 Å². The lowest BCUT2D eigenvalue weighted by molar-refractivity contribution is -0.124. The molecule has 0 saturated heterocycles. The van der Waals surface area contributed by atoms with Crippen LogP contribution in [0, 0.1) is 5.92 Å². The van der Waals surface area contributed by atoms with Crippen LogP contribution >= 0.6 is 15.9 Å². The summed E-state index contributed by atoms with van der Waals surface area (Å²) in [5.74, 6) is -0.594. The molecule has 1 aliphatic rings. The third-order valence-electron chi connectivity index (χ3n) is 3.20. The molecule has 1 aliphatic carbocycles. The Hall–Kier alpha value is -0.950. The first-order valence-electron chi connectivity index (χ1n) is 6.16. The Labute approximate surface area is 121 Å². The average molecular weight is 347 g/mol. The summed E-state index contributed by atoms with van der Waals surface area (Å²) in [6.07, 6.45) is 7.32. The van der Waals surface area contributed by atoms with Crippen molar-refractivity contribution >= 4 is 31.9 Å². The van der Waals surface area contributed by atoms with Crippen molar-refractivity contribution in [2.24, 2.45) is 5.92 Å². The lowest BCUT2D eigenvalue weighted by Crippen LogP contribution is -2.36. The first kappa shape index (κ1) is 14.5. The van der Waals surface area contributed by atoms with Crippen molar-refractivity contribution in [3.8, 4) is 0 Å². The number of carbonyl (C=O) groups excluding carboxylic acids is 1. The van der Waals surface area contributed by atoms with E-state index in [1.807, 2.05) is 0 Å². The molecule has 19 heavy (non-hydrogen) atoms. The summed E-state index contributed by atoms with van der Waals surface area (Å²) in [6, 6.07) is 1.42. The number of nitrogens with zero attached hydrogens (tertiary/aromatic N) is 1. The van der Waals surface area contributed by atoms with Crippen LogP contribution in [0.5, 0.6) is 0 Å². The number of hydrogen-bond acceptors (Lipinski definition) is 4. The van der Waals surface area contributed by atoms with Crippen molar-refractivity contribution in [1.82, 2.24) is 9.71 Å². The first-order valence-corrected chi connectivity index (χ1v) is 8.44. The molecular formula is C12H15BrN2O3S. The van der Waals surface area contributed by atoms with Crippen LogP contribution in [-0.2, 0) is 14.8 Å². The molecule has 5 nitrogen and oxygen atoms in total. The summed E-state index contributed by atoms with van der Waals surface area (Å²) in [7, 11) is -3.82. The maximum absolute atomic E-state index is 12.0. The molecule has 0 aromatic carbocycles. The molecule has 0 unspecified atom stereocenters. The predicted octanol–water partition coefficient (Wildman–Crippen LogP) is 2.23. The highest BCUT2D eigenvalue weighted by molar-refractivity contribution is 9.10. The maximum Gasteiger partial charge on any atom is 0.265 e. The zero-order valence-electron chi connectivity index (χ0n) is 10.3. The molecular weight excluding hydrogens is 332 g/mol. The summed E-state index contributed by atoms with van der Waals surface area (Å²) in [5.41, 5.74) is 0. The van der Waals surface area contributed by atoms with Crippen molar-refractivity contribution < 1.29 is 13.2 Å². The number of carbonyl (C=O) groups is 1. The number of pyridine rings is 1. The fourth-order valence-electron chi connectivity index (χ4n) is 2.18. The van der Waals surface area contributed by atoms with Crippen LogP contribution in [0.3, 0.4) is 0 Å². The summed E-state index contributed by atoms with van der Waals surface area (Å²) >= 11 is 3.16. The summed E-state index contributed by atoms with van der Waals surface area (Å²) in [4.78, 5) is 15.7. The van der Waals surface area contributed by atoms with E-state index in [9.17, 15) is 13.2 Å². The van der Waals surface area contributed by atoms with Gasteiger partial charge >= 0.3 is 0 Å². The van der Waals surface area contributed by atoms with Gasteiger partial charge in [0.15, 0.2) is 0 Å². The molecule has 1 N–H and O–H groups in total. The van der Waals surface area contributed by atoms with Gasteiger partial charge in [0.05, 0.1) is 0 Å². The van der Waals surface area contributed by atoms with Crippen LogP contribution in [0.25, 0.3) is 0 Å². The van der Waals surface area contributed by atoms with Crippen molar-refractivity contribution in [2.45, 2.75) is 37.0 Å². The van der Waals surface area contributed by atoms with Gasteiger partial charge in [-0.2, -0.15) is 0 Å². The van der Waals surface area contributed by atoms with Crippen molar-refractivity contribution in [2.75, 3.05) is 0 Å². The maximum atomic E-state index is 12.0.